The van der Waals surface area contributed by atoms with Gasteiger partial charge in [-0.2, -0.15) is 0 Å². The average Bonchev–Trinajstić information content (AvgIpc) is 2.76. The monoisotopic (exact) mass is 431 g/mol. The number of anilines is 1. The second-order valence-corrected chi connectivity index (χ2v) is 7.04. The lowest BCUT2D eigenvalue weighted by Crippen LogP contribution is -2.25. The Bertz CT molecular complexity index is 884. The van der Waals surface area contributed by atoms with Gasteiger partial charge in [-0.15, -0.1) is 0 Å². The molecule has 2 aromatic carbocycles. The maximum atomic E-state index is 12.6. The molecule has 0 fully saturated rings. The van der Waals surface area contributed by atoms with Crippen LogP contribution in [0.2, 0.25) is 0 Å². The molecule has 0 aliphatic carbocycles. The maximum absolute atomic E-state index is 12.6. The molecule has 1 N–H and O–H groups in total. The third kappa shape index (κ3) is 6.85. The fraction of sp³-hybridized carbons (Fsp3) is 0.409. The number of ether oxygens (including phenoxy) is 3. The number of carbonyl (C=O) groups is 1. The summed E-state index contributed by atoms with van der Waals surface area (Å²) in [6, 6.07) is 10.7. The van der Waals surface area contributed by atoms with Crippen molar-refractivity contribution in [3.05, 3.63) is 57.6 Å². The molecule has 9 nitrogen and oxygen atoms in total. The number of amides is 1. The zero-order chi connectivity index (χ0) is 22.8. The number of hydrogen-bond acceptors (Lipinski definition) is 7. The number of benzene rings is 2. The van der Waals surface area contributed by atoms with Crippen LogP contribution in [0, 0.1) is 10.1 Å². The predicted molar refractivity (Wildman–Crippen MR) is 118 cm³/mol. The van der Waals surface area contributed by atoms with Crippen LogP contribution in [0.3, 0.4) is 0 Å². The van der Waals surface area contributed by atoms with Crippen LogP contribution in [0.4, 0.5) is 11.4 Å². The zero-order valence-corrected chi connectivity index (χ0v) is 18.3. The number of carbonyl (C=O) groups excluding carboxylic acids is 1. The van der Waals surface area contributed by atoms with Gasteiger partial charge in [0, 0.05) is 39.5 Å². The Kier molecular flexibility index (Phi) is 9.08. The number of nitrogens with one attached hydrogen (secondary N) is 1. The molecule has 2 rings (SSSR count). The topological polar surface area (TPSA) is 103 Å². The molecule has 2 aromatic rings. The van der Waals surface area contributed by atoms with E-state index in [4.69, 9.17) is 14.2 Å². The normalized spacial score (nSPS) is 10.5. The smallest absolute Gasteiger partial charge is 0.286 e. The number of rotatable bonds is 12. The molecule has 0 radical (unpaired) electrons. The molecule has 0 aliphatic heterocycles. The summed E-state index contributed by atoms with van der Waals surface area (Å²) in [4.78, 5) is 25.5. The van der Waals surface area contributed by atoms with Crippen molar-refractivity contribution in [2.24, 2.45) is 0 Å². The lowest BCUT2D eigenvalue weighted by Gasteiger charge is -2.13. The number of aryl methyl sites for hydroxylation is 1. The highest BCUT2D eigenvalue weighted by atomic mass is 16.6. The van der Waals surface area contributed by atoms with Gasteiger partial charge in [0.25, 0.3) is 11.6 Å². The van der Waals surface area contributed by atoms with Crippen LogP contribution in [0.15, 0.2) is 36.4 Å². The Labute approximate surface area is 182 Å². The minimum atomic E-state index is -0.607. The molecule has 0 aliphatic rings. The summed E-state index contributed by atoms with van der Waals surface area (Å²) < 4.78 is 15.6. The van der Waals surface area contributed by atoms with Gasteiger partial charge < -0.3 is 24.4 Å². The second kappa shape index (κ2) is 11.8. The van der Waals surface area contributed by atoms with Gasteiger partial charge >= 0.3 is 0 Å². The minimum Gasteiger partial charge on any atom is -0.493 e. The van der Waals surface area contributed by atoms with Crippen LogP contribution in [0.1, 0.15) is 22.3 Å². The first-order valence-corrected chi connectivity index (χ1v) is 9.90. The molecule has 168 valence electrons. The molecular formula is C22H29N3O6. The Morgan fingerprint density at radius 2 is 1.81 bits per heavy atom. The fourth-order valence-corrected chi connectivity index (χ4v) is 2.94. The van der Waals surface area contributed by atoms with E-state index in [-0.39, 0.29) is 29.4 Å². The van der Waals surface area contributed by atoms with Gasteiger partial charge in [-0.05, 0) is 30.5 Å². The van der Waals surface area contributed by atoms with E-state index in [0.29, 0.717) is 19.6 Å². The first-order chi connectivity index (χ1) is 14.9. The Morgan fingerprint density at radius 1 is 1.10 bits per heavy atom. The molecule has 0 heterocycles. The largest absolute Gasteiger partial charge is 0.493 e. The highest BCUT2D eigenvalue weighted by molar-refractivity contribution is 5.99. The summed E-state index contributed by atoms with van der Waals surface area (Å²) in [6.07, 6.45) is 1.49. The van der Waals surface area contributed by atoms with E-state index in [1.165, 1.54) is 26.4 Å². The van der Waals surface area contributed by atoms with Crippen LogP contribution < -0.4 is 19.7 Å². The summed E-state index contributed by atoms with van der Waals surface area (Å²) in [5.41, 5.74) is 1.86. The average molecular weight is 431 g/mol. The third-order valence-corrected chi connectivity index (χ3v) is 4.65. The number of nitro groups is 1. The van der Waals surface area contributed by atoms with Crippen molar-refractivity contribution < 1.29 is 23.9 Å². The Morgan fingerprint density at radius 3 is 2.39 bits per heavy atom. The molecule has 0 spiro atoms. The number of hydrogen-bond donors (Lipinski definition) is 1. The van der Waals surface area contributed by atoms with Crippen LogP contribution in [0.5, 0.6) is 11.5 Å². The Balaban J connectivity index is 2.01. The number of nitro benzene ring substituents is 1. The predicted octanol–water partition coefficient (Wildman–Crippen LogP) is 3.06. The minimum absolute atomic E-state index is 0.0729. The van der Waals surface area contributed by atoms with E-state index >= 15 is 0 Å². The van der Waals surface area contributed by atoms with Gasteiger partial charge in [0.1, 0.15) is 12.2 Å². The van der Waals surface area contributed by atoms with Crippen LogP contribution in [0.25, 0.3) is 0 Å². The molecule has 1 amide bonds. The molecule has 0 bridgehead atoms. The van der Waals surface area contributed by atoms with Crippen molar-refractivity contribution in [3.8, 4) is 11.5 Å². The van der Waals surface area contributed by atoms with Gasteiger partial charge in [0.05, 0.1) is 24.7 Å². The highest BCUT2D eigenvalue weighted by Gasteiger charge is 2.24. The van der Waals surface area contributed by atoms with Crippen molar-refractivity contribution in [2.75, 3.05) is 53.0 Å². The first-order valence-electron chi connectivity index (χ1n) is 9.90. The third-order valence-electron chi connectivity index (χ3n) is 4.65. The van der Waals surface area contributed by atoms with Crippen molar-refractivity contribution in [1.82, 2.24) is 5.32 Å². The van der Waals surface area contributed by atoms with Crippen LogP contribution in [-0.2, 0) is 11.2 Å². The van der Waals surface area contributed by atoms with E-state index in [0.717, 1.165) is 17.7 Å². The number of nitrogens with zero attached hydrogens (tertiary/aromatic N) is 2. The van der Waals surface area contributed by atoms with E-state index < -0.39 is 10.8 Å². The molecular weight excluding hydrogens is 402 g/mol. The summed E-state index contributed by atoms with van der Waals surface area (Å²) in [5, 5.41) is 14.2. The lowest BCUT2D eigenvalue weighted by molar-refractivity contribution is -0.385. The van der Waals surface area contributed by atoms with Gasteiger partial charge in [-0.1, -0.05) is 12.1 Å². The summed E-state index contributed by atoms with van der Waals surface area (Å²) >= 11 is 0. The molecule has 0 saturated heterocycles. The zero-order valence-electron chi connectivity index (χ0n) is 18.3. The second-order valence-electron chi connectivity index (χ2n) is 7.04. The number of methoxy groups -OCH3 is 2. The van der Waals surface area contributed by atoms with Crippen LogP contribution in [-0.4, -0.2) is 58.9 Å². The quantitative estimate of drug-likeness (QED) is 0.313. The molecule has 9 heteroatoms. The van der Waals surface area contributed by atoms with Gasteiger partial charge in [0.15, 0.2) is 11.5 Å². The Hall–Kier alpha value is -3.33. The van der Waals surface area contributed by atoms with E-state index in [9.17, 15) is 14.9 Å². The van der Waals surface area contributed by atoms with Gasteiger partial charge in [0.2, 0.25) is 0 Å². The van der Waals surface area contributed by atoms with Gasteiger partial charge in [-0.3, -0.25) is 14.9 Å². The SMILES string of the molecule is COCCOc1cc([N+](=O)[O-])c(C(=O)NCCCc2ccc(N(C)C)cc2)cc1OC. The van der Waals surface area contributed by atoms with E-state index in [1.807, 2.05) is 31.1 Å². The summed E-state index contributed by atoms with van der Waals surface area (Å²) in [5.74, 6) is -0.104. The van der Waals surface area contributed by atoms with Crippen molar-refractivity contribution in [2.45, 2.75) is 12.8 Å². The van der Waals surface area contributed by atoms with Crippen molar-refractivity contribution >= 4 is 17.3 Å². The summed E-state index contributed by atoms with van der Waals surface area (Å²) in [7, 11) is 6.90. The molecule has 31 heavy (non-hydrogen) atoms. The van der Waals surface area contributed by atoms with Gasteiger partial charge in [-0.25, -0.2) is 0 Å². The standard InChI is InChI=1S/C22H29N3O6/c1-24(2)17-9-7-16(8-10-17)6-5-11-23-22(26)18-14-20(30-4)21(31-13-12-29-3)15-19(18)25(27)28/h7-10,14-15H,5-6,11-13H2,1-4H3,(H,23,26). The maximum Gasteiger partial charge on any atom is 0.286 e. The molecule has 0 unspecified atom stereocenters. The highest BCUT2D eigenvalue weighted by Crippen LogP contribution is 2.34. The van der Waals surface area contributed by atoms with E-state index in [1.54, 1.807) is 0 Å². The molecule has 0 saturated carbocycles. The fourth-order valence-electron chi connectivity index (χ4n) is 2.94. The van der Waals surface area contributed by atoms with Crippen molar-refractivity contribution in [3.63, 3.8) is 0 Å². The lowest BCUT2D eigenvalue weighted by atomic mass is 10.1. The summed E-state index contributed by atoms with van der Waals surface area (Å²) in [6.45, 7) is 0.905. The first kappa shape index (κ1) is 23.9. The molecule has 0 aromatic heterocycles. The van der Waals surface area contributed by atoms with Crippen LogP contribution >= 0.6 is 0 Å². The van der Waals surface area contributed by atoms with Crippen molar-refractivity contribution in [1.29, 1.82) is 0 Å². The van der Waals surface area contributed by atoms with E-state index in [2.05, 4.69) is 17.4 Å². The molecule has 0 atom stereocenters.